The largest absolute Gasteiger partial charge is 0.304 e. The van der Waals surface area contributed by atoms with Gasteiger partial charge < -0.3 is 5.32 Å². The third-order valence-corrected chi connectivity index (χ3v) is 3.63. The van der Waals surface area contributed by atoms with Crippen molar-refractivity contribution in [1.29, 1.82) is 0 Å². The molecule has 1 aliphatic rings. The first-order valence-electron chi connectivity index (χ1n) is 6.64. The van der Waals surface area contributed by atoms with Gasteiger partial charge in [0.1, 0.15) is 0 Å². The molecule has 0 amide bonds. The number of pyridine rings is 1. The Bertz CT molecular complexity index is 508. The Kier molecular flexibility index (Phi) is 3.37. The van der Waals surface area contributed by atoms with Crippen molar-refractivity contribution in [2.45, 2.75) is 31.8 Å². The number of aromatic nitrogens is 1. The Hall–Kier alpha value is -1.67. The van der Waals surface area contributed by atoms with Crippen LogP contribution in [0.15, 0.2) is 48.7 Å². The Labute approximate surface area is 108 Å². The first-order chi connectivity index (χ1) is 8.93. The van der Waals surface area contributed by atoms with E-state index in [-0.39, 0.29) is 0 Å². The fraction of sp³-hybridized carbons (Fsp3) is 0.312. The third-order valence-electron chi connectivity index (χ3n) is 3.63. The number of nitrogens with one attached hydrogen (secondary N) is 1. The van der Waals surface area contributed by atoms with Gasteiger partial charge in [0.15, 0.2) is 0 Å². The number of fused-ring (bicyclic) bond motifs is 1. The molecule has 1 N–H and O–H groups in total. The van der Waals surface area contributed by atoms with Gasteiger partial charge in [-0.2, -0.15) is 0 Å². The van der Waals surface area contributed by atoms with Gasteiger partial charge in [-0.15, -0.1) is 0 Å². The van der Waals surface area contributed by atoms with Gasteiger partial charge in [-0.25, -0.2) is 0 Å². The van der Waals surface area contributed by atoms with E-state index in [1.807, 2.05) is 18.3 Å². The SMILES string of the molecule is c1ccc(CN[C@H]2CCCc3ccccc32)nc1. The van der Waals surface area contributed by atoms with Gasteiger partial charge >= 0.3 is 0 Å². The predicted molar refractivity (Wildman–Crippen MR) is 73.2 cm³/mol. The molecule has 1 aromatic heterocycles. The molecule has 2 nitrogen and oxygen atoms in total. The molecule has 1 aliphatic carbocycles. The van der Waals surface area contributed by atoms with Crippen molar-refractivity contribution >= 4 is 0 Å². The predicted octanol–water partition coefficient (Wildman–Crippen LogP) is 3.25. The van der Waals surface area contributed by atoms with Crippen molar-refractivity contribution < 1.29 is 0 Å². The summed E-state index contributed by atoms with van der Waals surface area (Å²) in [7, 11) is 0. The van der Waals surface area contributed by atoms with Gasteiger partial charge in [0.25, 0.3) is 0 Å². The molecule has 0 saturated carbocycles. The summed E-state index contributed by atoms with van der Waals surface area (Å²) < 4.78 is 0. The van der Waals surface area contributed by atoms with Crippen molar-refractivity contribution in [3.8, 4) is 0 Å². The standard InChI is InChI=1S/C16H18N2/c1-2-9-15-13(6-1)7-5-10-16(15)18-12-14-8-3-4-11-17-14/h1-4,6,8-9,11,16,18H,5,7,10,12H2/t16-/m0/s1. The van der Waals surface area contributed by atoms with Gasteiger partial charge in [0.2, 0.25) is 0 Å². The van der Waals surface area contributed by atoms with E-state index >= 15 is 0 Å². The molecular weight excluding hydrogens is 220 g/mol. The van der Waals surface area contributed by atoms with Gasteiger partial charge in [-0.05, 0) is 42.5 Å². The number of hydrogen-bond acceptors (Lipinski definition) is 2. The van der Waals surface area contributed by atoms with Crippen LogP contribution < -0.4 is 5.32 Å². The molecule has 1 atom stereocenters. The van der Waals surface area contributed by atoms with Crippen molar-refractivity contribution in [2.75, 3.05) is 0 Å². The molecule has 92 valence electrons. The molecule has 0 radical (unpaired) electrons. The molecule has 2 heteroatoms. The Morgan fingerprint density at radius 3 is 2.89 bits per heavy atom. The number of rotatable bonds is 3. The lowest BCUT2D eigenvalue weighted by Crippen LogP contribution is -2.25. The summed E-state index contributed by atoms with van der Waals surface area (Å²) in [6.45, 7) is 0.847. The first kappa shape index (κ1) is 11.4. The Balaban J connectivity index is 1.71. The van der Waals surface area contributed by atoms with Crippen LogP contribution in [0.2, 0.25) is 0 Å². The molecule has 0 fully saturated rings. The Morgan fingerprint density at radius 2 is 2.00 bits per heavy atom. The van der Waals surface area contributed by atoms with Crippen molar-refractivity contribution in [3.05, 3.63) is 65.5 Å². The van der Waals surface area contributed by atoms with E-state index in [1.165, 1.54) is 30.4 Å². The fourth-order valence-electron chi connectivity index (χ4n) is 2.70. The van der Waals surface area contributed by atoms with Gasteiger partial charge in [-0.1, -0.05) is 30.3 Å². The first-order valence-corrected chi connectivity index (χ1v) is 6.64. The van der Waals surface area contributed by atoms with Crippen LogP contribution in [-0.4, -0.2) is 4.98 Å². The minimum atomic E-state index is 0.483. The molecular formula is C16H18N2. The average Bonchev–Trinajstić information content (AvgIpc) is 2.46. The van der Waals surface area contributed by atoms with Crippen molar-refractivity contribution in [1.82, 2.24) is 10.3 Å². The molecule has 0 bridgehead atoms. The van der Waals surface area contributed by atoms with E-state index in [4.69, 9.17) is 0 Å². The summed E-state index contributed by atoms with van der Waals surface area (Å²) in [6, 6.07) is 15.3. The number of hydrogen-bond donors (Lipinski definition) is 1. The second-order valence-electron chi connectivity index (χ2n) is 4.85. The van der Waals surface area contributed by atoms with Crippen LogP contribution in [0.5, 0.6) is 0 Å². The summed E-state index contributed by atoms with van der Waals surface area (Å²) in [4.78, 5) is 4.36. The quantitative estimate of drug-likeness (QED) is 0.888. The van der Waals surface area contributed by atoms with Crippen LogP contribution in [0.3, 0.4) is 0 Å². The van der Waals surface area contributed by atoms with E-state index in [2.05, 4.69) is 40.6 Å². The highest BCUT2D eigenvalue weighted by Gasteiger charge is 2.18. The molecule has 1 heterocycles. The zero-order valence-electron chi connectivity index (χ0n) is 10.5. The van der Waals surface area contributed by atoms with Crippen LogP contribution in [-0.2, 0) is 13.0 Å². The minimum absolute atomic E-state index is 0.483. The maximum Gasteiger partial charge on any atom is 0.0541 e. The summed E-state index contributed by atoms with van der Waals surface area (Å²) >= 11 is 0. The molecule has 3 rings (SSSR count). The second kappa shape index (κ2) is 5.32. The van der Waals surface area contributed by atoms with Crippen LogP contribution in [0.25, 0.3) is 0 Å². The molecule has 18 heavy (non-hydrogen) atoms. The summed E-state index contributed by atoms with van der Waals surface area (Å²) in [5, 5.41) is 3.63. The lowest BCUT2D eigenvalue weighted by Gasteiger charge is -2.26. The van der Waals surface area contributed by atoms with Crippen molar-refractivity contribution in [2.24, 2.45) is 0 Å². The van der Waals surface area contributed by atoms with E-state index in [0.29, 0.717) is 6.04 Å². The highest BCUT2D eigenvalue weighted by molar-refractivity contribution is 5.32. The lowest BCUT2D eigenvalue weighted by atomic mass is 9.88. The third kappa shape index (κ3) is 2.44. The molecule has 2 aromatic rings. The topological polar surface area (TPSA) is 24.9 Å². The lowest BCUT2D eigenvalue weighted by molar-refractivity contribution is 0.456. The highest BCUT2D eigenvalue weighted by atomic mass is 14.9. The van der Waals surface area contributed by atoms with Gasteiger partial charge in [-0.3, -0.25) is 4.98 Å². The minimum Gasteiger partial charge on any atom is -0.304 e. The van der Waals surface area contributed by atoms with E-state index in [0.717, 1.165) is 12.2 Å². The molecule has 0 spiro atoms. The van der Waals surface area contributed by atoms with Crippen molar-refractivity contribution in [3.63, 3.8) is 0 Å². The highest BCUT2D eigenvalue weighted by Crippen LogP contribution is 2.29. The van der Waals surface area contributed by atoms with E-state index < -0.39 is 0 Å². The monoisotopic (exact) mass is 238 g/mol. The molecule has 0 unspecified atom stereocenters. The zero-order chi connectivity index (χ0) is 12.2. The molecule has 1 aromatic carbocycles. The maximum absolute atomic E-state index is 4.36. The van der Waals surface area contributed by atoms with E-state index in [9.17, 15) is 0 Å². The Morgan fingerprint density at radius 1 is 1.11 bits per heavy atom. The normalized spacial score (nSPS) is 18.3. The molecule has 0 saturated heterocycles. The number of aryl methyl sites for hydroxylation is 1. The summed E-state index contributed by atoms with van der Waals surface area (Å²) in [6.07, 6.45) is 5.57. The van der Waals surface area contributed by atoms with E-state index in [1.54, 1.807) is 0 Å². The maximum atomic E-state index is 4.36. The number of nitrogens with zero attached hydrogens (tertiary/aromatic N) is 1. The average molecular weight is 238 g/mol. The number of benzene rings is 1. The second-order valence-corrected chi connectivity index (χ2v) is 4.85. The van der Waals surface area contributed by atoms with Crippen LogP contribution in [0.1, 0.15) is 35.7 Å². The van der Waals surface area contributed by atoms with Gasteiger partial charge in [0.05, 0.1) is 5.69 Å². The van der Waals surface area contributed by atoms with Crippen LogP contribution in [0.4, 0.5) is 0 Å². The van der Waals surface area contributed by atoms with Gasteiger partial charge in [0, 0.05) is 18.8 Å². The summed E-state index contributed by atoms with van der Waals surface area (Å²) in [5.74, 6) is 0. The fourth-order valence-corrected chi connectivity index (χ4v) is 2.70. The smallest absolute Gasteiger partial charge is 0.0541 e. The van der Waals surface area contributed by atoms with Crippen LogP contribution in [0, 0.1) is 0 Å². The van der Waals surface area contributed by atoms with Crippen LogP contribution >= 0.6 is 0 Å². The summed E-state index contributed by atoms with van der Waals surface area (Å²) in [5.41, 5.74) is 4.09. The zero-order valence-corrected chi connectivity index (χ0v) is 10.5. The molecule has 0 aliphatic heterocycles.